The van der Waals surface area contributed by atoms with E-state index in [1.807, 2.05) is 54.7 Å². The number of carbonyl (C=O) groups is 2. The van der Waals surface area contributed by atoms with Gasteiger partial charge in [-0.2, -0.15) is 0 Å². The fourth-order valence-corrected chi connectivity index (χ4v) is 6.98. The van der Waals surface area contributed by atoms with Crippen LogP contribution >= 0.6 is 0 Å². The Morgan fingerprint density at radius 3 is 1.47 bits per heavy atom. The van der Waals surface area contributed by atoms with E-state index in [0.717, 1.165) is 64.2 Å². The molecule has 1 amide bonds. The van der Waals surface area contributed by atoms with Crippen LogP contribution in [0.5, 0.6) is 0 Å². The monoisotopic (exact) mass is 810 g/mol. The van der Waals surface area contributed by atoms with Crippen LogP contribution in [0.3, 0.4) is 0 Å². The molecule has 0 aliphatic heterocycles. The highest BCUT2D eigenvalue weighted by molar-refractivity contribution is 5.77. The van der Waals surface area contributed by atoms with Crippen molar-refractivity contribution in [2.75, 3.05) is 6.61 Å². The average molecular weight is 810 g/mol. The van der Waals surface area contributed by atoms with E-state index in [0.29, 0.717) is 25.7 Å². The predicted octanol–water partition coefficient (Wildman–Crippen LogP) is 14.2. The molecule has 0 bridgehead atoms. The normalized spacial score (nSPS) is 13.9. The Balaban J connectivity index is 4.74. The maximum atomic E-state index is 13.2. The van der Waals surface area contributed by atoms with Crippen LogP contribution in [0.1, 0.15) is 220 Å². The van der Waals surface area contributed by atoms with E-state index in [1.165, 1.54) is 103 Å². The summed E-state index contributed by atoms with van der Waals surface area (Å²) in [6.07, 6.45) is 56.8. The number of aliphatic hydroxyl groups is 2. The van der Waals surface area contributed by atoms with Crippen molar-refractivity contribution in [2.45, 2.75) is 238 Å². The minimum absolute atomic E-state index is 0.0359. The molecule has 0 fully saturated rings. The Kier molecular flexibility index (Phi) is 43.3. The number of rotatable bonds is 42. The third-order valence-electron chi connectivity index (χ3n) is 10.6. The zero-order valence-electron chi connectivity index (χ0n) is 37.9. The van der Waals surface area contributed by atoms with Gasteiger partial charge >= 0.3 is 5.97 Å². The molecule has 0 spiro atoms. The number of ether oxygens (including phenoxy) is 1. The Hall–Kier alpha value is -2.70. The van der Waals surface area contributed by atoms with Crippen molar-refractivity contribution in [1.29, 1.82) is 0 Å². The standard InChI is InChI=1S/C52H91NO5/c1-4-7-10-13-16-19-22-25-27-28-31-34-37-40-43-48(58-52(57)45-42-39-36-33-30-26-23-20-17-14-11-8-5-2)46-51(56)53-49(47-54)50(55)44-41-38-35-32-29-24-21-18-15-12-9-6-3/h8,11,14,17,20,23,26-28,30,33,36,48-50,54-55H,4-7,9-10,12-13,15-16,18-19,21-22,24-25,29,31-32,34-35,37-47H2,1-3H3,(H,53,56)/b11-8+,17-14+,23-20-,28-27+,30-26-,36-33+. The first-order valence-electron chi connectivity index (χ1n) is 24.2. The van der Waals surface area contributed by atoms with Gasteiger partial charge in [0, 0.05) is 6.42 Å². The van der Waals surface area contributed by atoms with E-state index in [4.69, 9.17) is 4.74 Å². The molecule has 0 aliphatic carbocycles. The number of allylic oxidation sites excluding steroid dienone is 12. The number of carbonyl (C=O) groups excluding carboxylic acids is 2. The molecule has 0 heterocycles. The summed E-state index contributed by atoms with van der Waals surface area (Å²) in [5, 5.41) is 23.7. The molecule has 0 aromatic rings. The summed E-state index contributed by atoms with van der Waals surface area (Å²) < 4.78 is 5.87. The molecule has 3 N–H and O–H groups in total. The summed E-state index contributed by atoms with van der Waals surface area (Å²) in [7, 11) is 0. The van der Waals surface area contributed by atoms with Crippen molar-refractivity contribution >= 4 is 11.9 Å². The molecule has 0 saturated heterocycles. The third-order valence-corrected chi connectivity index (χ3v) is 10.6. The number of hydrogen-bond donors (Lipinski definition) is 3. The smallest absolute Gasteiger partial charge is 0.306 e. The van der Waals surface area contributed by atoms with Gasteiger partial charge in [0.25, 0.3) is 0 Å². The van der Waals surface area contributed by atoms with Crippen molar-refractivity contribution in [1.82, 2.24) is 5.32 Å². The topological polar surface area (TPSA) is 95.9 Å². The number of amides is 1. The molecule has 6 heteroatoms. The molecule has 6 nitrogen and oxygen atoms in total. The summed E-state index contributed by atoms with van der Waals surface area (Å²) >= 11 is 0. The zero-order chi connectivity index (χ0) is 42.4. The minimum Gasteiger partial charge on any atom is -0.462 e. The largest absolute Gasteiger partial charge is 0.462 e. The second-order valence-corrected chi connectivity index (χ2v) is 16.2. The molecule has 334 valence electrons. The lowest BCUT2D eigenvalue weighted by Crippen LogP contribution is -2.46. The lowest BCUT2D eigenvalue weighted by molar-refractivity contribution is -0.151. The fourth-order valence-electron chi connectivity index (χ4n) is 6.98. The van der Waals surface area contributed by atoms with Crippen LogP contribution in [0.2, 0.25) is 0 Å². The number of hydrogen-bond acceptors (Lipinski definition) is 5. The van der Waals surface area contributed by atoms with Crippen LogP contribution in [-0.4, -0.2) is 46.9 Å². The van der Waals surface area contributed by atoms with Crippen LogP contribution < -0.4 is 5.32 Å². The van der Waals surface area contributed by atoms with Gasteiger partial charge in [-0.05, 0) is 64.2 Å². The molecule has 0 aromatic heterocycles. The number of unbranched alkanes of at least 4 members (excludes halogenated alkanes) is 22. The highest BCUT2D eigenvalue weighted by atomic mass is 16.5. The van der Waals surface area contributed by atoms with Gasteiger partial charge in [0.1, 0.15) is 6.10 Å². The SMILES string of the molecule is CC/C=C/C=C/C=C\C=C/C=C/CCCC(=O)OC(CCCCC/C=C/CCCCCCCCC)CC(=O)NC(CO)C(O)CCCCCCCCCCCCCC. The van der Waals surface area contributed by atoms with Crippen LogP contribution in [0.4, 0.5) is 0 Å². The highest BCUT2D eigenvalue weighted by Gasteiger charge is 2.24. The van der Waals surface area contributed by atoms with Gasteiger partial charge in [0.05, 0.1) is 25.2 Å². The lowest BCUT2D eigenvalue weighted by atomic mass is 10.0. The molecule has 3 unspecified atom stereocenters. The Bertz CT molecular complexity index is 1090. The summed E-state index contributed by atoms with van der Waals surface area (Å²) in [6, 6.07) is -0.722. The first-order valence-corrected chi connectivity index (χ1v) is 24.2. The van der Waals surface area contributed by atoms with Gasteiger partial charge in [-0.15, -0.1) is 0 Å². The van der Waals surface area contributed by atoms with Crippen molar-refractivity contribution in [2.24, 2.45) is 0 Å². The van der Waals surface area contributed by atoms with E-state index in [-0.39, 0.29) is 24.9 Å². The van der Waals surface area contributed by atoms with Gasteiger partial charge < -0.3 is 20.3 Å². The highest BCUT2D eigenvalue weighted by Crippen LogP contribution is 2.17. The van der Waals surface area contributed by atoms with Gasteiger partial charge in [0.15, 0.2) is 0 Å². The molecular formula is C52H91NO5. The van der Waals surface area contributed by atoms with Crippen molar-refractivity contribution in [3.8, 4) is 0 Å². The molecule has 0 saturated carbocycles. The summed E-state index contributed by atoms with van der Waals surface area (Å²) in [5.74, 6) is -0.580. The fraction of sp³-hybridized carbons (Fsp3) is 0.731. The van der Waals surface area contributed by atoms with E-state index in [9.17, 15) is 19.8 Å². The first kappa shape index (κ1) is 55.3. The van der Waals surface area contributed by atoms with Crippen LogP contribution in [0.25, 0.3) is 0 Å². The van der Waals surface area contributed by atoms with Gasteiger partial charge in [-0.1, -0.05) is 216 Å². The molecule has 0 rings (SSSR count). The zero-order valence-corrected chi connectivity index (χ0v) is 37.9. The molecular weight excluding hydrogens is 719 g/mol. The Morgan fingerprint density at radius 2 is 0.948 bits per heavy atom. The Labute approximate surface area is 358 Å². The lowest BCUT2D eigenvalue weighted by Gasteiger charge is -2.24. The average Bonchev–Trinajstić information content (AvgIpc) is 3.22. The molecule has 0 aromatic carbocycles. The van der Waals surface area contributed by atoms with Crippen LogP contribution in [-0.2, 0) is 14.3 Å². The van der Waals surface area contributed by atoms with Gasteiger partial charge in [-0.25, -0.2) is 0 Å². The first-order chi connectivity index (χ1) is 28.5. The number of nitrogens with one attached hydrogen (secondary N) is 1. The second kappa shape index (κ2) is 45.4. The van der Waals surface area contributed by atoms with E-state index in [1.54, 1.807) is 0 Å². The third kappa shape index (κ3) is 40.1. The van der Waals surface area contributed by atoms with Crippen molar-refractivity contribution < 1.29 is 24.5 Å². The van der Waals surface area contributed by atoms with Gasteiger partial charge in [0.2, 0.25) is 5.91 Å². The van der Waals surface area contributed by atoms with Crippen molar-refractivity contribution in [3.63, 3.8) is 0 Å². The maximum Gasteiger partial charge on any atom is 0.306 e. The van der Waals surface area contributed by atoms with E-state index in [2.05, 4.69) is 44.3 Å². The molecule has 58 heavy (non-hydrogen) atoms. The van der Waals surface area contributed by atoms with Crippen LogP contribution in [0, 0.1) is 0 Å². The summed E-state index contributed by atoms with van der Waals surface area (Å²) in [6.45, 7) is 6.30. The van der Waals surface area contributed by atoms with E-state index < -0.39 is 18.2 Å². The van der Waals surface area contributed by atoms with Gasteiger partial charge in [-0.3, -0.25) is 9.59 Å². The predicted molar refractivity (Wildman–Crippen MR) is 250 cm³/mol. The summed E-state index contributed by atoms with van der Waals surface area (Å²) in [4.78, 5) is 26.0. The van der Waals surface area contributed by atoms with Crippen LogP contribution in [0.15, 0.2) is 72.9 Å². The minimum atomic E-state index is -0.805. The number of esters is 1. The second-order valence-electron chi connectivity index (χ2n) is 16.2. The van der Waals surface area contributed by atoms with E-state index >= 15 is 0 Å². The molecule has 0 radical (unpaired) electrons. The molecule has 3 atom stereocenters. The molecule has 0 aliphatic rings. The quantitative estimate of drug-likeness (QED) is 0.0247. The maximum absolute atomic E-state index is 13.2. The van der Waals surface area contributed by atoms with Crippen molar-refractivity contribution in [3.05, 3.63) is 72.9 Å². The number of aliphatic hydroxyl groups excluding tert-OH is 2. The summed E-state index contributed by atoms with van der Waals surface area (Å²) in [5.41, 5.74) is 0. The Morgan fingerprint density at radius 1 is 0.517 bits per heavy atom.